The van der Waals surface area contributed by atoms with Crippen molar-refractivity contribution in [2.24, 2.45) is 0 Å². The van der Waals surface area contributed by atoms with Crippen molar-refractivity contribution in [3.05, 3.63) is 40.6 Å². The van der Waals surface area contributed by atoms with Crippen LogP contribution in [0.4, 0.5) is 0 Å². The molecule has 26 heavy (non-hydrogen) atoms. The molecule has 1 aliphatic heterocycles. The number of benzene rings is 1. The Morgan fingerprint density at radius 3 is 2.62 bits per heavy atom. The van der Waals surface area contributed by atoms with Gasteiger partial charge in [-0.3, -0.25) is 4.79 Å². The number of amides is 1. The number of esters is 1. The van der Waals surface area contributed by atoms with Crippen LogP contribution in [0.15, 0.2) is 35.0 Å². The number of ether oxygens (including phenoxy) is 3. The number of rotatable bonds is 7. The zero-order valence-corrected chi connectivity index (χ0v) is 15.4. The van der Waals surface area contributed by atoms with Crippen molar-refractivity contribution in [3.63, 3.8) is 0 Å². The van der Waals surface area contributed by atoms with E-state index >= 15 is 0 Å². The molecule has 2 rings (SSSR count). The molecule has 0 saturated carbocycles. The number of nitrogens with zero attached hydrogens (tertiary/aromatic N) is 1. The Balaban J connectivity index is 2.44. The van der Waals surface area contributed by atoms with Crippen LogP contribution in [0.25, 0.3) is 6.08 Å². The Bertz CT molecular complexity index is 765. The number of hydrogen-bond acceptors (Lipinski definition) is 6. The molecule has 0 unspecified atom stereocenters. The lowest BCUT2D eigenvalue weighted by Gasteiger charge is -2.17. The highest BCUT2D eigenvalue weighted by Gasteiger charge is 2.36. The third-order valence-electron chi connectivity index (χ3n) is 4.15. The molecule has 7 nitrogen and oxygen atoms in total. The molecule has 140 valence electrons. The number of methoxy groups -OCH3 is 3. The van der Waals surface area contributed by atoms with Crippen molar-refractivity contribution >= 4 is 18.0 Å². The summed E-state index contributed by atoms with van der Waals surface area (Å²) in [6, 6.07) is 4.69. The minimum Gasteiger partial charge on any atom is -0.504 e. The van der Waals surface area contributed by atoms with E-state index in [-0.39, 0.29) is 28.6 Å². The summed E-state index contributed by atoms with van der Waals surface area (Å²) in [7, 11) is 4.31. The Kier molecular flexibility index (Phi) is 6.41. The van der Waals surface area contributed by atoms with Crippen LogP contribution < -0.4 is 4.74 Å². The van der Waals surface area contributed by atoms with Gasteiger partial charge in [-0.15, -0.1) is 0 Å². The van der Waals surface area contributed by atoms with Gasteiger partial charge in [0.05, 0.1) is 25.4 Å². The van der Waals surface area contributed by atoms with Crippen molar-refractivity contribution in [3.8, 4) is 11.5 Å². The van der Waals surface area contributed by atoms with Gasteiger partial charge in [-0.25, -0.2) is 4.79 Å². The van der Waals surface area contributed by atoms with E-state index in [1.165, 1.54) is 20.3 Å². The molecule has 0 saturated heterocycles. The minimum atomic E-state index is -0.568. The summed E-state index contributed by atoms with van der Waals surface area (Å²) >= 11 is 0. The van der Waals surface area contributed by atoms with Gasteiger partial charge >= 0.3 is 5.97 Å². The van der Waals surface area contributed by atoms with E-state index in [0.717, 1.165) is 0 Å². The standard InChI is InChI=1S/C19H23NO6/c1-12-17(19(23)26-4)14(18(22)20(12)8-5-9-24-2)10-13-6-7-15(21)16(11-13)25-3/h6-7,10-11,21H,5,8-9H2,1-4H3/b14-10-. The quantitative estimate of drug-likeness (QED) is 0.455. The van der Waals surface area contributed by atoms with Crippen LogP contribution in [0.5, 0.6) is 11.5 Å². The van der Waals surface area contributed by atoms with Crippen molar-refractivity contribution in [1.82, 2.24) is 4.90 Å². The average molecular weight is 361 g/mol. The van der Waals surface area contributed by atoms with Crippen LogP contribution in [0.3, 0.4) is 0 Å². The first-order chi connectivity index (χ1) is 12.4. The monoisotopic (exact) mass is 361 g/mol. The summed E-state index contributed by atoms with van der Waals surface area (Å²) < 4.78 is 15.0. The highest BCUT2D eigenvalue weighted by molar-refractivity contribution is 6.16. The topological polar surface area (TPSA) is 85.3 Å². The van der Waals surface area contributed by atoms with Gasteiger partial charge in [0.1, 0.15) is 0 Å². The van der Waals surface area contributed by atoms with E-state index in [4.69, 9.17) is 14.2 Å². The smallest absolute Gasteiger partial charge is 0.340 e. The SMILES string of the molecule is COCCCN1C(=O)/C(=C\c2ccc(O)c(OC)c2)C(C(=O)OC)=C1C. The van der Waals surface area contributed by atoms with Crippen LogP contribution in [0.1, 0.15) is 18.9 Å². The summed E-state index contributed by atoms with van der Waals surface area (Å²) in [4.78, 5) is 26.6. The fraction of sp³-hybridized carbons (Fsp3) is 0.368. The molecule has 1 heterocycles. The molecule has 1 aliphatic rings. The van der Waals surface area contributed by atoms with Crippen LogP contribution in [-0.4, -0.2) is 56.4 Å². The molecule has 0 bridgehead atoms. The predicted octanol–water partition coefficient (Wildman–Crippen LogP) is 2.11. The third kappa shape index (κ3) is 3.88. The first kappa shape index (κ1) is 19.5. The summed E-state index contributed by atoms with van der Waals surface area (Å²) in [6.45, 7) is 2.67. The Morgan fingerprint density at radius 1 is 1.27 bits per heavy atom. The molecular formula is C19H23NO6. The van der Waals surface area contributed by atoms with E-state index in [2.05, 4.69) is 0 Å². The van der Waals surface area contributed by atoms with E-state index in [9.17, 15) is 14.7 Å². The second-order valence-corrected chi connectivity index (χ2v) is 5.74. The largest absolute Gasteiger partial charge is 0.504 e. The number of phenolic OH excluding ortho intramolecular Hbond substituents is 1. The van der Waals surface area contributed by atoms with Crippen LogP contribution in [0, 0.1) is 0 Å². The van der Waals surface area contributed by atoms with Crippen molar-refractivity contribution in [2.45, 2.75) is 13.3 Å². The lowest BCUT2D eigenvalue weighted by atomic mass is 10.0. The Morgan fingerprint density at radius 2 is 2.00 bits per heavy atom. The molecule has 0 aromatic heterocycles. The van der Waals surface area contributed by atoms with Gasteiger partial charge in [0, 0.05) is 26.0 Å². The summed E-state index contributed by atoms with van der Waals surface area (Å²) in [5.74, 6) is -0.566. The summed E-state index contributed by atoms with van der Waals surface area (Å²) in [5, 5.41) is 9.71. The van der Waals surface area contributed by atoms with Crippen LogP contribution in [-0.2, 0) is 19.1 Å². The lowest BCUT2D eigenvalue weighted by molar-refractivity contribution is -0.136. The Hall–Kier alpha value is -2.80. The molecule has 0 fully saturated rings. The maximum Gasteiger partial charge on any atom is 0.340 e. The second-order valence-electron chi connectivity index (χ2n) is 5.74. The molecule has 0 aliphatic carbocycles. The lowest BCUT2D eigenvalue weighted by Crippen LogP contribution is -2.26. The van der Waals surface area contributed by atoms with E-state index in [1.807, 2.05) is 0 Å². The molecule has 0 atom stereocenters. The highest BCUT2D eigenvalue weighted by Crippen LogP contribution is 2.33. The van der Waals surface area contributed by atoms with Gasteiger partial charge in [-0.2, -0.15) is 0 Å². The van der Waals surface area contributed by atoms with Crippen LogP contribution in [0.2, 0.25) is 0 Å². The van der Waals surface area contributed by atoms with Gasteiger partial charge in [0.25, 0.3) is 5.91 Å². The van der Waals surface area contributed by atoms with Gasteiger partial charge in [0.2, 0.25) is 0 Å². The second kappa shape index (κ2) is 8.53. The molecule has 1 amide bonds. The summed E-state index contributed by atoms with van der Waals surface area (Å²) in [6.07, 6.45) is 2.24. The fourth-order valence-corrected chi connectivity index (χ4v) is 2.82. The first-order valence-electron chi connectivity index (χ1n) is 8.13. The van der Waals surface area contributed by atoms with Gasteiger partial charge in [-0.1, -0.05) is 6.07 Å². The van der Waals surface area contributed by atoms with Gasteiger partial charge in [0.15, 0.2) is 11.5 Å². The van der Waals surface area contributed by atoms with E-state index in [0.29, 0.717) is 30.8 Å². The van der Waals surface area contributed by atoms with Gasteiger partial charge in [-0.05, 0) is 37.1 Å². The molecule has 1 aromatic rings. The molecule has 0 radical (unpaired) electrons. The molecule has 1 N–H and O–H groups in total. The molecule has 1 aromatic carbocycles. The van der Waals surface area contributed by atoms with E-state index < -0.39 is 5.97 Å². The number of hydrogen-bond donors (Lipinski definition) is 1. The first-order valence-corrected chi connectivity index (χ1v) is 8.13. The minimum absolute atomic E-state index is 0.00601. The normalized spacial score (nSPS) is 15.8. The maximum atomic E-state index is 12.9. The van der Waals surface area contributed by atoms with Crippen LogP contribution >= 0.6 is 0 Å². The number of carbonyl (C=O) groups is 2. The molecule has 7 heteroatoms. The fourth-order valence-electron chi connectivity index (χ4n) is 2.82. The number of allylic oxidation sites excluding steroid dienone is 1. The Labute approximate surface area is 152 Å². The number of carbonyl (C=O) groups excluding carboxylic acids is 2. The zero-order valence-electron chi connectivity index (χ0n) is 15.4. The number of phenols is 1. The summed E-state index contributed by atoms with van der Waals surface area (Å²) in [5.41, 5.74) is 1.66. The molecular weight excluding hydrogens is 338 g/mol. The molecule has 0 spiro atoms. The number of aromatic hydroxyl groups is 1. The van der Waals surface area contributed by atoms with Crippen molar-refractivity contribution in [2.75, 3.05) is 34.5 Å². The van der Waals surface area contributed by atoms with Crippen molar-refractivity contribution < 1.29 is 28.9 Å². The highest BCUT2D eigenvalue weighted by atomic mass is 16.5. The predicted molar refractivity (Wildman–Crippen MR) is 95.6 cm³/mol. The average Bonchev–Trinajstić information content (AvgIpc) is 2.87. The zero-order chi connectivity index (χ0) is 19.3. The third-order valence-corrected chi connectivity index (χ3v) is 4.15. The van der Waals surface area contributed by atoms with Crippen molar-refractivity contribution in [1.29, 1.82) is 0 Å². The maximum absolute atomic E-state index is 12.9. The van der Waals surface area contributed by atoms with E-state index in [1.54, 1.807) is 37.1 Å². The van der Waals surface area contributed by atoms with Gasteiger partial charge < -0.3 is 24.2 Å².